The monoisotopic (exact) mass is 670 g/mol. The molecule has 9 nitrogen and oxygen atoms in total. The molecule has 1 amide bonds. The molecule has 0 saturated carbocycles. The quantitative estimate of drug-likeness (QED) is 0.122. The first kappa shape index (κ1) is 27.0. The highest BCUT2D eigenvalue weighted by Gasteiger charge is 2.34. The van der Waals surface area contributed by atoms with E-state index in [2.05, 4.69) is 41.8 Å². The number of amides is 1. The number of phenols is 1. The Labute approximate surface area is 244 Å². The average molecular weight is 672 g/mol. The Balaban J connectivity index is 1.51. The first-order valence-corrected chi connectivity index (χ1v) is 14.0. The smallest absolute Gasteiger partial charge is 0.269 e. The van der Waals surface area contributed by atoms with Gasteiger partial charge in [-0.3, -0.25) is 19.8 Å². The van der Waals surface area contributed by atoms with Gasteiger partial charge in [-0.2, -0.15) is 0 Å². The number of aromatic hydroxyl groups is 1. The van der Waals surface area contributed by atoms with Gasteiger partial charge in [-0.25, -0.2) is 4.99 Å². The largest absolute Gasteiger partial charge is 0.503 e. The zero-order chi connectivity index (χ0) is 27.7. The minimum Gasteiger partial charge on any atom is -0.503 e. The van der Waals surface area contributed by atoms with E-state index in [1.165, 1.54) is 31.0 Å². The lowest BCUT2D eigenvalue weighted by atomic mass is 10.1. The van der Waals surface area contributed by atoms with E-state index in [0.29, 0.717) is 43.2 Å². The number of aromatic amines is 1. The Morgan fingerprint density at radius 3 is 2.64 bits per heavy atom. The molecule has 5 rings (SSSR count). The number of ether oxygens (including phenoxy) is 1. The van der Waals surface area contributed by atoms with Gasteiger partial charge >= 0.3 is 0 Å². The number of non-ortho nitro benzene ring substituents is 1. The lowest BCUT2D eigenvalue weighted by molar-refractivity contribution is -0.384. The number of benzene rings is 3. The van der Waals surface area contributed by atoms with Gasteiger partial charge in [-0.1, -0.05) is 18.2 Å². The van der Waals surface area contributed by atoms with Gasteiger partial charge in [0.25, 0.3) is 11.6 Å². The highest BCUT2D eigenvalue weighted by molar-refractivity contribution is 9.13. The molecule has 1 saturated heterocycles. The van der Waals surface area contributed by atoms with Crippen LogP contribution < -0.4 is 4.74 Å². The van der Waals surface area contributed by atoms with Crippen molar-refractivity contribution < 1.29 is 19.6 Å². The Kier molecular flexibility index (Phi) is 7.78. The van der Waals surface area contributed by atoms with Crippen molar-refractivity contribution in [3.05, 3.63) is 95.9 Å². The predicted octanol–water partition coefficient (Wildman–Crippen LogP) is 7.16. The number of halogens is 2. The molecule has 12 heteroatoms. The minimum atomic E-state index is -0.471. The van der Waals surface area contributed by atoms with Crippen molar-refractivity contribution in [1.29, 1.82) is 0 Å². The number of hydrogen-bond acceptors (Lipinski definition) is 7. The molecule has 0 atom stereocenters. The van der Waals surface area contributed by atoms with Crippen LogP contribution in [0, 0.1) is 10.1 Å². The number of hydrogen-bond donors (Lipinski definition) is 2. The van der Waals surface area contributed by atoms with E-state index in [9.17, 15) is 20.0 Å². The van der Waals surface area contributed by atoms with Gasteiger partial charge in [0.05, 0.1) is 27.1 Å². The van der Waals surface area contributed by atoms with Crippen molar-refractivity contribution in [1.82, 2.24) is 9.88 Å². The summed E-state index contributed by atoms with van der Waals surface area (Å²) in [4.78, 5) is 34.2. The van der Waals surface area contributed by atoms with Crippen LogP contribution in [0.25, 0.3) is 17.0 Å². The molecular weight excluding hydrogens is 652 g/mol. The summed E-state index contributed by atoms with van der Waals surface area (Å²) in [6, 6.07) is 15.5. The second-order valence-corrected chi connectivity index (χ2v) is 11.1. The number of H-pyrrole nitrogens is 1. The third-order valence-electron chi connectivity index (χ3n) is 6.13. The fraction of sp³-hybridized carbons (Fsp3) is 0.111. The molecule has 39 heavy (non-hydrogen) atoms. The number of aromatic nitrogens is 1. The number of nitrogens with zero attached hydrogens (tertiary/aromatic N) is 3. The van der Waals surface area contributed by atoms with Gasteiger partial charge in [0, 0.05) is 40.2 Å². The van der Waals surface area contributed by atoms with Crippen molar-refractivity contribution in [2.45, 2.75) is 6.42 Å². The van der Waals surface area contributed by atoms with Gasteiger partial charge in [0.15, 0.2) is 16.7 Å². The minimum absolute atomic E-state index is 0.0393. The number of fused-ring (bicyclic) bond motifs is 1. The molecule has 2 heterocycles. The lowest BCUT2D eigenvalue weighted by Crippen LogP contribution is -2.31. The molecule has 0 aliphatic carbocycles. The maximum atomic E-state index is 13.6. The van der Waals surface area contributed by atoms with Gasteiger partial charge in [-0.15, -0.1) is 0 Å². The number of phenolic OH excluding ortho intramolecular Hbond substituents is 1. The molecule has 1 aliphatic rings. The molecule has 1 aromatic heterocycles. The molecule has 0 radical (unpaired) electrons. The number of nitrogens with one attached hydrogen (secondary N) is 1. The van der Waals surface area contributed by atoms with Crippen LogP contribution in [0.2, 0.25) is 0 Å². The molecule has 198 valence electrons. The first-order chi connectivity index (χ1) is 18.8. The van der Waals surface area contributed by atoms with Crippen molar-refractivity contribution in [3.8, 4) is 11.5 Å². The lowest BCUT2D eigenvalue weighted by Gasteiger charge is -2.15. The van der Waals surface area contributed by atoms with E-state index in [1.54, 1.807) is 29.2 Å². The summed E-state index contributed by atoms with van der Waals surface area (Å²) in [5.74, 6) is -0.0309. The number of amidine groups is 1. The van der Waals surface area contributed by atoms with E-state index >= 15 is 0 Å². The Bertz CT molecular complexity index is 1670. The number of nitro benzene ring substituents is 1. The molecule has 2 N–H and O–H groups in total. The summed E-state index contributed by atoms with van der Waals surface area (Å²) in [6.45, 7) is 0.376. The molecule has 0 unspecified atom stereocenters. The Hall–Kier alpha value is -3.61. The molecular formula is C27H20Br2N4O5S. The van der Waals surface area contributed by atoms with Crippen LogP contribution in [0.3, 0.4) is 0 Å². The van der Waals surface area contributed by atoms with Crippen molar-refractivity contribution in [2.24, 2.45) is 4.99 Å². The second-order valence-electron chi connectivity index (χ2n) is 8.49. The number of thioether (sulfide) groups is 1. The van der Waals surface area contributed by atoms with Crippen LogP contribution in [-0.2, 0) is 11.2 Å². The fourth-order valence-electron chi connectivity index (χ4n) is 4.13. The second kappa shape index (κ2) is 11.2. The maximum absolute atomic E-state index is 13.6. The van der Waals surface area contributed by atoms with Crippen LogP contribution in [0.5, 0.6) is 11.5 Å². The van der Waals surface area contributed by atoms with Crippen LogP contribution in [0.1, 0.15) is 11.1 Å². The molecule has 1 fully saturated rings. The van der Waals surface area contributed by atoms with E-state index in [1.807, 2.05) is 30.5 Å². The van der Waals surface area contributed by atoms with E-state index in [0.717, 1.165) is 16.5 Å². The number of rotatable bonds is 7. The molecule has 4 aromatic rings. The highest BCUT2D eigenvalue weighted by atomic mass is 79.9. The molecule has 0 bridgehead atoms. The summed E-state index contributed by atoms with van der Waals surface area (Å²) in [7, 11) is 1.45. The average Bonchev–Trinajstić information content (AvgIpc) is 3.48. The number of methoxy groups -OCH3 is 1. The van der Waals surface area contributed by atoms with E-state index < -0.39 is 4.92 Å². The van der Waals surface area contributed by atoms with E-state index in [-0.39, 0.29) is 23.1 Å². The van der Waals surface area contributed by atoms with Crippen LogP contribution in [0.4, 0.5) is 11.4 Å². The molecule has 0 spiro atoms. The van der Waals surface area contributed by atoms with Crippen molar-refractivity contribution in [2.75, 3.05) is 13.7 Å². The summed E-state index contributed by atoms with van der Waals surface area (Å²) >= 11 is 8.03. The van der Waals surface area contributed by atoms with Gasteiger partial charge in [0.2, 0.25) is 0 Å². The first-order valence-electron chi connectivity index (χ1n) is 11.6. The van der Waals surface area contributed by atoms with Gasteiger partial charge < -0.3 is 14.8 Å². The van der Waals surface area contributed by atoms with Crippen LogP contribution in [-0.4, -0.2) is 44.6 Å². The highest BCUT2D eigenvalue weighted by Crippen LogP contribution is 2.44. The zero-order valence-electron chi connectivity index (χ0n) is 20.4. The summed E-state index contributed by atoms with van der Waals surface area (Å²) in [5.41, 5.74) is 3.17. The molecule has 3 aromatic carbocycles. The summed E-state index contributed by atoms with van der Waals surface area (Å²) in [5, 5.41) is 22.9. The Morgan fingerprint density at radius 1 is 1.18 bits per heavy atom. The SMILES string of the molecule is COc1cc(/C=C2\SC(=Nc3ccc([N+](=O)[O-])cc3)N(CCc3c[nH]c4ccccc34)C2=O)c(Br)c(Br)c1O. The summed E-state index contributed by atoms with van der Waals surface area (Å²) in [6.07, 6.45) is 4.24. The topological polar surface area (TPSA) is 121 Å². The normalized spacial score (nSPS) is 15.6. The van der Waals surface area contributed by atoms with E-state index in [4.69, 9.17) is 4.74 Å². The maximum Gasteiger partial charge on any atom is 0.269 e. The van der Waals surface area contributed by atoms with Crippen molar-refractivity contribution >= 4 is 83.1 Å². The number of aliphatic imine (C=N–C) groups is 1. The van der Waals surface area contributed by atoms with Gasteiger partial charge in [0.1, 0.15) is 0 Å². The number of carbonyl (C=O) groups excluding carboxylic acids is 1. The Morgan fingerprint density at radius 2 is 1.92 bits per heavy atom. The third kappa shape index (κ3) is 5.45. The zero-order valence-corrected chi connectivity index (χ0v) is 24.3. The van der Waals surface area contributed by atoms with Crippen LogP contribution >= 0.6 is 43.6 Å². The number of nitro groups is 1. The fourth-order valence-corrected chi connectivity index (χ4v) is 5.99. The molecule has 1 aliphatic heterocycles. The van der Waals surface area contributed by atoms with Gasteiger partial charge in [-0.05, 0) is 91.5 Å². The van der Waals surface area contributed by atoms with Crippen LogP contribution in [0.15, 0.2) is 79.6 Å². The standard InChI is InChI=1S/C27H20Br2N4O5S/c1-38-21-12-16(23(28)24(29)25(21)34)13-22-26(35)32(11-10-15-14-30-20-5-3-2-4-19(15)20)27(39-22)31-17-6-8-18(9-7-17)33(36)37/h2-9,12-14,30,34H,10-11H2,1H3/b22-13-,31-27?. The predicted molar refractivity (Wildman–Crippen MR) is 160 cm³/mol. The summed E-state index contributed by atoms with van der Waals surface area (Å²) < 4.78 is 6.23. The number of para-hydroxylation sites is 1. The number of carbonyl (C=O) groups is 1. The van der Waals surface area contributed by atoms with Crippen molar-refractivity contribution in [3.63, 3.8) is 0 Å². The third-order valence-corrected chi connectivity index (χ3v) is 9.30.